The maximum absolute atomic E-state index is 15.4. The minimum atomic E-state index is -7.22. The van der Waals surface area contributed by atoms with Crippen LogP contribution in [0.4, 0.5) is 87.8 Å². The van der Waals surface area contributed by atoms with Gasteiger partial charge in [0.1, 0.15) is 75.7 Å². The molecule has 0 atom stereocenters. The molecule has 8 bridgehead atoms. The van der Waals surface area contributed by atoms with Crippen molar-refractivity contribution >= 4 is 28.0 Å². The maximum Gasteiger partial charge on any atom is 2.00 e. The van der Waals surface area contributed by atoms with Gasteiger partial charge in [-0.3, -0.25) is 19.9 Å². The molecule has 8 heterocycles. The number of pyridine rings is 3. The number of hydrogen-bond acceptors (Lipinski definition) is 8. The minimum absolute atomic E-state index is 0. The van der Waals surface area contributed by atoms with E-state index in [2.05, 4.69) is 106 Å². The number of nitrogens with zero attached hydrogens (tertiary/aromatic N) is 8. The van der Waals surface area contributed by atoms with Crippen LogP contribution >= 0.6 is 0 Å². The van der Waals surface area contributed by atoms with Gasteiger partial charge in [-0.15, -0.1) is 21.9 Å². The second-order valence-corrected chi connectivity index (χ2v) is 30.5. The molecule has 140 heavy (non-hydrogen) atoms. The first-order valence-corrected chi connectivity index (χ1v) is 41.2. The van der Waals surface area contributed by atoms with Crippen molar-refractivity contribution in [2.24, 2.45) is 0 Å². The van der Waals surface area contributed by atoms with Gasteiger partial charge in [-0.05, 0) is 95.8 Å². The van der Waals surface area contributed by atoms with Crippen molar-refractivity contribution in [2.45, 2.75) is 33.5 Å². The van der Waals surface area contributed by atoms with E-state index >= 15 is 35.1 Å². The van der Waals surface area contributed by atoms with Crippen molar-refractivity contribution in [3.05, 3.63) is 515 Å². The predicted octanol–water partition coefficient (Wildman–Crippen LogP) is 20.7. The SMILES string of the molecule is COc1ccc([C+]2c3ccc([n-]3)[C+](c3ccc(OC)cc3)c3ccc([n-]3)[C+](c3ccc(OC)cc3)c3ccc([n-]3)[C+](c3ccc(OC)cc3)c3ccc2[n-]3)cc1.Cc1ccccc1.Cc1ccccc1.Fc1c(F)c(F)c([B-](c2c(F)c(F)c(F)c(F)c2F)(c2c(F)c(F)c(F)c(F)c2F)c2c(F)c(F)c(F)c(F)c2F)c(F)c1F.[Cu+2].[Fe].[O-2].c1ccc(CN(Cc2ccccn2)Cc2ccccn2)nc1. The van der Waals surface area contributed by atoms with Crippen LogP contribution in [0.5, 0.6) is 23.0 Å². The quantitative estimate of drug-likeness (QED) is 0.0263. The summed E-state index contributed by atoms with van der Waals surface area (Å²) in [7, 11) is 6.67. The van der Waals surface area contributed by atoms with Gasteiger partial charge in [0.15, 0.2) is 69.8 Å². The van der Waals surface area contributed by atoms with E-state index in [-0.39, 0.29) is 39.6 Å². The van der Waals surface area contributed by atoms with Gasteiger partial charge < -0.3 is 44.4 Å². The van der Waals surface area contributed by atoms with E-state index in [1.807, 2.05) is 207 Å². The molecule has 0 saturated carbocycles. The van der Waals surface area contributed by atoms with E-state index in [1.54, 1.807) is 28.4 Å². The standard InChI is InChI=1S/C48H36N4O4.C24BF20.C18H18N4.2C7H8.Cu.Fe.O/c1-53-33-13-5-29(6-14-33)45-37-21-23-39(49-37)46(30-7-15-34(54-2)16-8-30)41-25-27-43(51-41)48(32-11-19-36(56-4)20-12-32)44-28-26-42(52-44)47(40-24-22-38(45)50-40)31-9-17-35(55-3)18-10-31;26-5-1(6(27)14(35)21(42)13(5)34)25(2-7(28)15(36)22(43)16(37)8(2)29,3-9(30)17(38)23(44)18(39)10(3)31)4-11(32)19(40)24(45)20(41)12(4)33;1-4-10-19-16(7-1)13-22(14-17-8-2-5-11-20-17)15-18-9-3-6-12-21-18;2*1-7-5-3-2-4-6-7;;;/h5-28H,1-4H3;;1-12H,13-15H2;2*2-6H,1H3;;;/q;-1;;;;+2;;-2. The zero-order valence-electron chi connectivity index (χ0n) is 73.6. The van der Waals surface area contributed by atoms with E-state index in [0.717, 1.165) is 151 Å². The van der Waals surface area contributed by atoms with Crippen LogP contribution in [-0.4, -0.2) is 54.4 Å². The Bertz CT molecular complexity index is 6110. The van der Waals surface area contributed by atoms with Crippen molar-refractivity contribution in [3.63, 3.8) is 0 Å². The second kappa shape index (κ2) is 46.5. The molecule has 0 N–H and O–H groups in total. The van der Waals surface area contributed by atoms with Crippen molar-refractivity contribution in [2.75, 3.05) is 28.4 Å². The fourth-order valence-corrected chi connectivity index (χ4v) is 15.6. The van der Waals surface area contributed by atoms with E-state index < -0.39 is 144 Å². The number of benzene rings is 10. The van der Waals surface area contributed by atoms with E-state index in [1.165, 1.54) is 11.1 Å². The Morgan fingerprint density at radius 2 is 0.414 bits per heavy atom. The van der Waals surface area contributed by atoms with Crippen molar-refractivity contribution in [1.29, 1.82) is 0 Å². The van der Waals surface area contributed by atoms with E-state index in [4.69, 9.17) is 38.9 Å². The third-order valence-electron chi connectivity index (χ3n) is 22.0. The van der Waals surface area contributed by atoms with Gasteiger partial charge in [-0.1, -0.05) is 90.0 Å². The van der Waals surface area contributed by atoms with Crippen LogP contribution in [-0.2, 0) is 59.2 Å². The summed E-state index contributed by atoms with van der Waals surface area (Å²) in [6.45, 7) is 6.48. The van der Waals surface area contributed by atoms with Gasteiger partial charge in [0.25, 0.3) is 0 Å². The molecule has 7 aromatic heterocycles. The summed E-state index contributed by atoms with van der Waals surface area (Å²) in [5.41, 5.74) is 1.55. The molecule has 17 aromatic rings. The molecule has 1 aliphatic rings. The number of hydrogen-bond donors (Lipinski definition) is 0. The van der Waals surface area contributed by atoms with Gasteiger partial charge >= 0.3 is 17.1 Å². The molecule has 10 aromatic carbocycles. The molecule has 0 saturated heterocycles. The Balaban J connectivity index is 0.000000197. The summed E-state index contributed by atoms with van der Waals surface area (Å²) in [4.78, 5) is 36.9. The molecule has 0 fully saturated rings. The molecule has 0 aliphatic carbocycles. The molecule has 0 spiro atoms. The van der Waals surface area contributed by atoms with E-state index in [9.17, 15) is 52.7 Å². The van der Waals surface area contributed by atoms with Crippen LogP contribution in [0.3, 0.4) is 0 Å². The van der Waals surface area contributed by atoms with Gasteiger partial charge in [-0.2, -0.15) is 0 Å². The summed E-state index contributed by atoms with van der Waals surface area (Å²) >= 11 is 0. The van der Waals surface area contributed by atoms with Crippen LogP contribution in [0.2, 0.25) is 0 Å². The number of ether oxygens (including phenoxy) is 4. The predicted molar refractivity (Wildman–Crippen MR) is 471 cm³/mol. The summed E-state index contributed by atoms with van der Waals surface area (Å²) in [6.07, 6.45) is -1.73. The van der Waals surface area contributed by atoms with E-state index in [0.29, 0.717) is 0 Å². The number of aryl methyl sites for hydroxylation is 2. The molecule has 1 aliphatic heterocycles. The number of fused-ring (bicyclic) bond motifs is 8. The van der Waals surface area contributed by atoms with Crippen LogP contribution in [0, 0.1) is 154 Å². The van der Waals surface area contributed by atoms with Crippen molar-refractivity contribution in [1.82, 2.24) is 39.8 Å². The summed E-state index contributed by atoms with van der Waals surface area (Å²) in [5.74, 6) is -64.8. The zero-order chi connectivity index (χ0) is 97.8. The Hall–Kier alpha value is -14.9. The Morgan fingerprint density at radius 1 is 0.243 bits per heavy atom. The summed E-state index contributed by atoms with van der Waals surface area (Å²) in [6, 6.07) is 87.0. The average molecular weight is 2020 g/mol. The molecule has 719 valence electrons. The second-order valence-electron chi connectivity index (χ2n) is 30.5. The van der Waals surface area contributed by atoms with Gasteiger partial charge in [0, 0.05) is 225 Å². The first-order valence-electron chi connectivity index (χ1n) is 41.2. The third-order valence-corrected chi connectivity index (χ3v) is 22.0. The number of aromatic nitrogens is 7. The summed E-state index contributed by atoms with van der Waals surface area (Å²) in [5, 5.41) is 0. The normalized spacial score (nSPS) is 11.4. The average Bonchev–Trinajstić information content (AvgIpc) is 0.781. The smallest absolute Gasteiger partial charge is 2.00 e. The topological polar surface area (TPSA) is 164 Å². The number of methoxy groups -OCH3 is 4. The van der Waals surface area contributed by atoms with Crippen LogP contribution in [0.25, 0.3) is 0 Å². The molecular formula is C104H70BCuF20FeN8O5-. The third kappa shape index (κ3) is 21.9. The van der Waals surface area contributed by atoms with Gasteiger partial charge in [-0.25, -0.2) is 87.8 Å². The largest absolute Gasteiger partial charge is 2.00 e. The maximum atomic E-state index is 15.4. The fraction of sp³-hybridized carbons (Fsp3) is 0.0865. The van der Waals surface area contributed by atoms with Crippen molar-refractivity contribution < 1.29 is 146 Å². The Morgan fingerprint density at radius 3 is 0.564 bits per heavy atom. The molecule has 0 unspecified atom stereocenters. The molecule has 1 radical (unpaired) electrons. The van der Waals surface area contributed by atoms with Crippen LogP contribution in [0.1, 0.15) is 96.0 Å². The molecule has 18 rings (SSSR count). The monoisotopic (exact) mass is 2020 g/mol. The van der Waals surface area contributed by atoms with Crippen LogP contribution in [0.15, 0.2) is 279 Å². The van der Waals surface area contributed by atoms with Crippen LogP contribution < -0.4 is 60.7 Å². The molecule has 36 heteroatoms. The first-order chi connectivity index (χ1) is 65.9. The molecule has 13 nitrogen and oxygen atoms in total. The van der Waals surface area contributed by atoms with Gasteiger partial charge in [0.05, 0.1) is 67.8 Å². The Labute approximate surface area is 809 Å². The minimum Gasteiger partial charge on any atom is -2.00 e. The zero-order valence-corrected chi connectivity index (χ0v) is 75.6. The first kappa shape index (κ1) is 106. The van der Waals surface area contributed by atoms with Gasteiger partial charge in [0.2, 0.25) is 0 Å². The molecule has 0 amide bonds. The van der Waals surface area contributed by atoms with Crippen molar-refractivity contribution in [3.8, 4) is 23.0 Å². The fourth-order valence-electron chi connectivity index (χ4n) is 15.6. The Kier molecular flexibility index (Phi) is 35.0. The number of halogens is 20. The summed E-state index contributed by atoms with van der Waals surface area (Å²) < 4.78 is 316. The molecular weight excluding hydrogens is 1950 g/mol. The number of rotatable bonds is 18.